The van der Waals surface area contributed by atoms with Crippen molar-refractivity contribution in [3.63, 3.8) is 0 Å². The number of alkyl halides is 1. The van der Waals surface area contributed by atoms with Gasteiger partial charge in [-0.15, -0.1) is 28.9 Å². The molecule has 0 aliphatic carbocycles. The molecule has 0 aliphatic rings. The highest BCUT2D eigenvalue weighted by Gasteiger charge is 1.88. The maximum atomic E-state index is 5.50. The normalized spacial score (nSPS) is 9.08. The predicted octanol–water partition coefficient (Wildman–Crippen LogP) is 2.71. The van der Waals surface area contributed by atoms with Gasteiger partial charge in [0.1, 0.15) is 5.01 Å². The Balaban J connectivity index is 2.19. The molecule has 0 aromatic carbocycles. The molecule has 0 atom stereocenters. The summed E-state index contributed by atoms with van der Waals surface area (Å²) in [7, 11) is 0. The Morgan fingerprint density at radius 3 is 3.08 bits per heavy atom. The third-order valence-corrected chi connectivity index (χ3v) is 2.33. The molecule has 0 spiro atoms. The van der Waals surface area contributed by atoms with Crippen molar-refractivity contribution >= 4 is 22.9 Å². The van der Waals surface area contributed by atoms with E-state index in [9.17, 15) is 0 Å². The quantitative estimate of drug-likeness (QED) is 0.415. The number of aromatic nitrogens is 1. The van der Waals surface area contributed by atoms with Crippen LogP contribution in [0.3, 0.4) is 0 Å². The van der Waals surface area contributed by atoms with Crippen LogP contribution in [0.5, 0.6) is 0 Å². The molecule has 0 fully saturated rings. The summed E-state index contributed by atoms with van der Waals surface area (Å²) in [6, 6.07) is 0. The molecule has 0 saturated carbocycles. The Labute approximate surface area is 81.8 Å². The van der Waals surface area contributed by atoms with Gasteiger partial charge in [-0.05, 0) is 6.42 Å². The number of thiazole rings is 1. The van der Waals surface area contributed by atoms with Crippen LogP contribution in [0.15, 0.2) is 11.6 Å². The van der Waals surface area contributed by atoms with Crippen molar-refractivity contribution < 1.29 is 0 Å². The van der Waals surface area contributed by atoms with Gasteiger partial charge in [0.05, 0.1) is 6.42 Å². The van der Waals surface area contributed by atoms with E-state index in [2.05, 4.69) is 16.8 Å². The van der Waals surface area contributed by atoms with E-state index < -0.39 is 0 Å². The Morgan fingerprint density at radius 1 is 1.50 bits per heavy atom. The third kappa shape index (κ3) is 3.75. The molecular formula is C9H10ClNS. The molecule has 3 heteroatoms. The van der Waals surface area contributed by atoms with Gasteiger partial charge in [-0.2, -0.15) is 0 Å². The molecule has 0 radical (unpaired) electrons. The van der Waals surface area contributed by atoms with Gasteiger partial charge in [0.25, 0.3) is 0 Å². The van der Waals surface area contributed by atoms with Crippen molar-refractivity contribution in [1.29, 1.82) is 0 Å². The maximum Gasteiger partial charge on any atom is 0.104 e. The van der Waals surface area contributed by atoms with Crippen LogP contribution in [0.4, 0.5) is 0 Å². The first kappa shape index (κ1) is 9.57. The first-order chi connectivity index (χ1) is 5.93. The number of halogens is 1. The van der Waals surface area contributed by atoms with E-state index in [1.165, 1.54) is 0 Å². The van der Waals surface area contributed by atoms with E-state index in [4.69, 9.17) is 11.6 Å². The number of hydrogen-bond donors (Lipinski definition) is 0. The number of unbranched alkanes of at least 4 members (excludes halogenated alkanes) is 1. The number of hydrogen-bond acceptors (Lipinski definition) is 2. The van der Waals surface area contributed by atoms with Crippen LogP contribution in [-0.2, 0) is 6.42 Å². The van der Waals surface area contributed by atoms with Crippen molar-refractivity contribution in [2.75, 3.05) is 5.88 Å². The molecule has 0 aliphatic heterocycles. The van der Waals surface area contributed by atoms with Crippen LogP contribution in [0.2, 0.25) is 0 Å². The molecule has 1 nitrogen and oxygen atoms in total. The summed E-state index contributed by atoms with van der Waals surface area (Å²) in [5, 5.41) is 3.06. The lowest BCUT2D eigenvalue weighted by Crippen LogP contribution is -1.77. The first-order valence-corrected chi connectivity index (χ1v) is 5.25. The highest BCUT2D eigenvalue weighted by molar-refractivity contribution is 7.09. The van der Waals surface area contributed by atoms with Crippen LogP contribution in [0, 0.1) is 11.8 Å². The monoisotopic (exact) mass is 199 g/mol. The van der Waals surface area contributed by atoms with Crippen molar-refractivity contribution in [2.24, 2.45) is 0 Å². The predicted molar refractivity (Wildman–Crippen MR) is 53.5 cm³/mol. The van der Waals surface area contributed by atoms with Crippen molar-refractivity contribution in [2.45, 2.75) is 19.3 Å². The smallest absolute Gasteiger partial charge is 0.104 e. The highest BCUT2D eigenvalue weighted by atomic mass is 35.5. The second-order valence-corrected chi connectivity index (χ2v) is 3.61. The topological polar surface area (TPSA) is 12.9 Å². The second-order valence-electron chi connectivity index (χ2n) is 2.25. The minimum atomic E-state index is 0.700. The Hall–Kier alpha value is -0.520. The van der Waals surface area contributed by atoms with Crippen LogP contribution >= 0.6 is 22.9 Å². The summed E-state index contributed by atoms with van der Waals surface area (Å²) in [6.45, 7) is 0. The molecule has 1 aromatic heterocycles. The largest absolute Gasteiger partial charge is 0.249 e. The Kier molecular flexibility index (Phi) is 4.82. The SMILES string of the molecule is ClCCCC#CCc1nccs1. The molecule has 0 N–H and O–H groups in total. The van der Waals surface area contributed by atoms with E-state index in [-0.39, 0.29) is 0 Å². The van der Waals surface area contributed by atoms with Crippen LogP contribution in [0.1, 0.15) is 17.8 Å². The molecule has 0 bridgehead atoms. The minimum absolute atomic E-state index is 0.700. The molecule has 12 heavy (non-hydrogen) atoms. The summed E-state index contributed by atoms with van der Waals surface area (Å²) < 4.78 is 0. The van der Waals surface area contributed by atoms with Crippen LogP contribution in [0.25, 0.3) is 0 Å². The standard InChI is InChI=1S/C9H10ClNS/c10-6-4-2-1-3-5-9-11-7-8-12-9/h7-8H,2,4-6H2. The second kappa shape index (κ2) is 6.05. The lowest BCUT2D eigenvalue weighted by Gasteiger charge is -1.83. The third-order valence-electron chi connectivity index (χ3n) is 1.28. The van der Waals surface area contributed by atoms with E-state index in [1.807, 2.05) is 5.38 Å². The van der Waals surface area contributed by atoms with Crippen LogP contribution < -0.4 is 0 Å². The lowest BCUT2D eigenvalue weighted by molar-refractivity contribution is 0.989. The molecule has 0 amide bonds. The van der Waals surface area contributed by atoms with Gasteiger partial charge < -0.3 is 0 Å². The Bertz CT molecular complexity index is 258. The maximum absolute atomic E-state index is 5.50. The summed E-state index contributed by atoms with van der Waals surface area (Å²) in [5.41, 5.74) is 0. The summed E-state index contributed by atoms with van der Waals surface area (Å²) in [4.78, 5) is 4.12. The molecule has 1 rings (SSSR count). The van der Waals surface area contributed by atoms with Crippen molar-refractivity contribution in [1.82, 2.24) is 4.98 Å². The number of rotatable bonds is 3. The van der Waals surface area contributed by atoms with Gasteiger partial charge in [0, 0.05) is 23.9 Å². The fourth-order valence-corrected chi connectivity index (χ4v) is 1.41. The van der Waals surface area contributed by atoms with Gasteiger partial charge in [-0.25, -0.2) is 4.98 Å². The highest BCUT2D eigenvalue weighted by Crippen LogP contribution is 2.03. The summed E-state index contributed by atoms with van der Waals surface area (Å²) in [6.07, 6.45) is 4.46. The van der Waals surface area contributed by atoms with Gasteiger partial charge in [0.15, 0.2) is 0 Å². The van der Waals surface area contributed by atoms with Gasteiger partial charge in [0.2, 0.25) is 0 Å². The zero-order chi connectivity index (χ0) is 8.65. The zero-order valence-corrected chi connectivity index (χ0v) is 8.29. The molecule has 0 unspecified atom stereocenters. The number of nitrogens with zero attached hydrogens (tertiary/aromatic N) is 1. The van der Waals surface area contributed by atoms with Crippen molar-refractivity contribution in [3.8, 4) is 11.8 Å². The fourth-order valence-electron chi connectivity index (χ4n) is 0.722. The minimum Gasteiger partial charge on any atom is -0.249 e. The summed E-state index contributed by atoms with van der Waals surface area (Å²) >= 11 is 7.15. The van der Waals surface area contributed by atoms with E-state index in [0.29, 0.717) is 5.88 Å². The van der Waals surface area contributed by atoms with Crippen molar-refractivity contribution in [3.05, 3.63) is 16.6 Å². The molecule has 64 valence electrons. The average Bonchev–Trinajstić information content (AvgIpc) is 2.57. The Morgan fingerprint density at radius 2 is 2.42 bits per heavy atom. The van der Waals surface area contributed by atoms with Crippen LogP contribution in [-0.4, -0.2) is 10.9 Å². The van der Waals surface area contributed by atoms with E-state index >= 15 is 0 Å². The van der Waals surface area contributed by atoms with Gasteiger partial charge in [-0.1, -0.05) is 5.92 Å². The summed E-state index contributed by atoms with van der Waals surface area (Å²) in [5.74, 6) is 6.82. The lowest BCUT2D eigenvalue weighted by atomic mass is 10.3. The van der Waals surface area contributed by atoms with E-state index in [0.717, 1.165) is 24.3 Å². The molecule has 1 heterocycles. The fraction of sp³-hybridized carbons (Fsp3) is 0.444. The molecular weight excluding hydrogens is 190 g/mol. The first-order valence-electron chi connectivity index (χ1n) is 3.83. The van der Waals surface area contributed by atoms with E-state index in [1.54, 1.807) is 17.5 Å². The molecule has 1 aromatic rings. The van der Waals surface area contributed by atoms with Gasteiger partial charge in [-0.3, -0.25) is 0 Å². The average molecular weight is 200 g/mol. The zero-order valence-electron chi connectivity index (χ0n) is 6.72. The van der Waals surface area contributed by atoms with Gasteiger partial charge >= 0.3 is 0 Å². The molecule has 0 saturated heterocycles.